The van der Waals surface area contributed by atoms with Gasteiger partial charge in [-0.3, -0.25) is 4.79 Å². The van der Waals surface area contributed by atoms with Crippen LogP contribution in [-0.2, 0) is 11.3 Å². The lowest BCUT2D eigenvalue weighted by Gasteiger charge is -2.26. The van der Waals surface area contributed by atoms with E-state index in [-0.39, 0.29) is 18.1 Å². The first kappa shape index (κ1) is 24.1. The van der Waals surface area contributed by atoms with Crippen LogP contribution in [0.1, 0.15) is 59.2 Å². The lowest BCUT2D eigenvalue weighted by molar-refractivity contribution is -0.0980. The SMILES string of the molecule is C=O.Cc1ccc(CNc2nc(N3CC4CC4C3)ncc2C(=O)NC2CCC(O)CC2)cc1C. The van der Waals surface area contributed by atoms with Gasteiger partial charge in [0.15, 0.2) is 0 Å². The highest BCUT2D eigenvalue weighted by molar-refractivity contribution is 5.98. The second-order valence-corrected chi connectivity index (χ2v) is 9.84. The summed E-state index contributed by atoms with van der Waals surface area (Å²) in [5.74, 6) is 2.72. The summed E-state index contributed by atoms with van der Waals surface area (Å²) in [4.78, 5) is 32.7. The summed E-state index contributed by atoms with van der Waals surface area (Å²) in [6.45, 7) is 8.84. The molecule has 2 aromatic rings. The van der Waals surface area contributed by atoms with Crippen molar-refractivity contribution >= 4 is 24.5 Å². The van der Waals surface area contributed by atoms with Crippen molar-refractivity contribution in [1.82, 2.24) is 15.3 Å². The molecule has 0 spiro atoms. The highest BCUT2D eigenvalue weighted by Gasteiger charge is 2.46. The number of aliphatic hydroxyl groups is 1. The van der Waals surface area contributed by atoms with Crippen LogP contribution >= 0.6 is 0 Å². The Morgan fingerprint density at radius 3 is 2.50 bits per heavy atom. The molecule has 0 bridgehead atoms. The molecule has 1 aliphatic heterocycles. The molecule has 1 saturated heterocycles. The fourth-order valence-corrected chi connectivity index (χ4v) is 4.97. The van der Waals surface area contributed by atoms with Crippen LogP contribution < -0.4 is 15.5 Å². The summed E-state index contributed by atoms with van der Waals surface area (Å²) < 4.78 is 0. The number of aryl methyl sites for hydroxylation is 2. The summed E-state index contributed by atoms with van der Waals surface area (Å²) in [7, 11) is 0. The number of anilines is 2. The normalized spacial score (nSPS) is 25.1. The third-order valence-corrected chi connectivity index (χ3v) is 7.35. The first-order valence-corrected chi connectivity index (χ1v) is 12.2. The molecule has 3 aliphatic rings. The first-order chi connectivity index (χ1) is 16.5. The topological polar surface area (TPSA) is 107 Å². The summed E-state index contributed by atoms with van der Waals surface area (Å²) in [5.41, 5.74) is 4.15. The molecule has 2 atom stereocenters. The number of hydrogen-bond donors (Lipinski definition) is 3. The number of aromatic nitrogens is 2. The number of piperidine rings is 1. The van der Waals surface area contributed by atoms with Crippen molar-refractivity contribution in [2.24, 2.45) is 11.8 Å². The molecule has 2 saturated carbocycles. The number of nitrogens with zero attached hydrogens (tertiary/aromatic N) is 3. The molecule has 2 heterocycles. The van der Waals surface area contributed by atoms with Crippen molar-refractivity contribution in [3.63, 3.8) is 0 Å². The van der Waals surface area contributed by atoms with E-state index < -0.39 is 0 Å². The fourth-order valence-electron chi connectivity index (χ4n) is 4.97. The number of fused-ring (bicyclic) bond motifs is 1. The number of carbonyl (C=O) groups excluding carboxylic acids is 2. The van der Waals surface area contributed by atoms with Gasteiger partial charge in [0.2, 0.25) is 5.95 Å². The summed E-state index contributed by atoms with van der Waals surface area (Å²) in [6, 6.07) is 6.49. The van der Waals surface area contributed by atoms with Crippen LogP contribution in [0.25, 0.3) is 0 Å². The predicted molar refractivity (Wildman–Crippen MR) is 132 cm³/mol. The quantitative estimate of drug-likeness (QED) is 0.602. The van der Waals surface area contributed by atoms with E-state index in [2.05, 4.69) is 52.6 Å². The zero-order chi connectivity index (χ0) is 24.2. The van der Waals surface area contributed by atoms with E-state index in [0.717, 1.165) is 56.2 Å². The molecule has 0 radical (unpaired) electrons. The van der Waals surface area contributed by atoms with E-state index in [4.69, 9.17) is 9.78 Å². The third-order valence-electron chi connectivity index (χ3n) is 7.35. The van der Waals surface area contributed by atoms with Crippen molar-refractivity contribution in [3.8, 4) is 0 Å². The molecule has 3 fully saturated rings. The van der Waals surface area contributed by atoms with Gasteiger partial charge in [0.1, 0.15) is 18.2 Å². The van der Waals surface area contributed by atoms with Gasteiger partial charge >= 0.3 is 0 Å². The van der Waals surface area contributed by atoms with Crippen LogP contribution in [0.5, 0.6) is 0 Å². The Bertz CT molecular complexity index is 1010. The van der Waals surface area contributed by atoms with Gasteiger partial charge in [0, 0.05) is 31.9 Å². The predicted octanol–water partition coefficient (Wildman–Crippen LogP) is 3.01. The third kappa shape index (κ3) is 5.55. The Kier molecular flexibility index (Phi) is 7.46. The minimum Gasteiger partial charge on any atom is -0.393 e. The number of benzene rings is 1. The maximum atomic E-state index is 13.1. The minimum absolute atomic E-state index is 0.0869. The van der Waals surface area contributed by atoms with Gasteiger partial charge in [-0.05, 0) is 74.5 Å². The van der Waals surface area contributed by atoms with E-state index in [1.54, 1.807) is 6.20 Å². The van der Waals surface area contributed by atoms with Crippen LogP contribution in [0.3, 0.4) is 0 Å². The number of hydrogen-bond acceptors (Lipinski definition) is 7. The van der Waals surface area contributed by atoms with Gasteiger partial charge in [-0.15, -0.1) is 0 Å². The highest BCUT2D eigenvalue weighted by atomic mass is 16.3. The van der Waals surface area contributed by atoms with Crippen LogP contribution in [0.4, 0.5) is 11.8 Å². The van der Waals surface area contributed by atoms with Gasteiger partial charge in [-0.1, -0.05) is 18.2 Å². The Balaban J connectivity index is 0.00000133. The van der Waals surface area contributed by atoms with Crippen molar-refractivity contribution in [2.75, 3.05) is 23.3 Å². The molecule has 182 valence electrons. The molecule has 2 unspecified atom stereocenters. The Morgan fingerprint density at radius 2 is 1.82 bits per heavy atom. The maximum Gasteiger partial charge on any atom is 0.256 e. The van der Waals surface area contributed by atoms with Gasteiger partial charge in [0.25, 0.3) is 5.91 Å². The fraction of sp³-hybridized carbons (Fsp3) is 0.538. The molecular formula is C26H35N5O3. The zero-order valence-corrected chi connectivity index (χ0v) is 20.1. The van der Waals surface area contributed by atoms with Crippen LogP contribution in [0.2, 0.25) is 0 Å². The van der Waals surface area contributed by atoms with Gasteiger partial charge in [-0.2, -0.15) is 4.98 Å². The molecule has 34 heavy (non-hydrogen) atoms. The van der Waals surface area contributed by atoms with Gasteiger partial charge in [-0.25, -0.2) is 4.98 Å². The van der Waals surface area contributed by atoms with Crippen LogP contribution in [0.15, 0.2) is 24.4 Å². The largest absolute Gasteiger partial charge is 0.393 e. The molecular weight excluding hydrogens is 430 g/mol. The van der Waals surface area contributed by atoms with Crippen molar-refractivity contribution < 1.29 is 14.7 Å². The molecule has 3 N–H and O–H groups in total. The number of aliphatic hydroxyl groups excluding tert-OH is 1. The molecule has 1 aromatic heterocycles. The standard InChI is InChI=1S/C25H33N5O2.CH2O/c1-15-3-4-17(9-16(15)2)11-26-23-22(24(32)28-20-5-7-21(31)8-6-20)12-27-25(29-23)30-13-18-10-19(18)14-30;1-2/h3-4,9,12,18-21,31H,5-8,10-11,13-14H2,1-2H3,(H,28,32)(H,26,27,29);1H2. The molecule has 8 heteroatoms. The van der Waals surface area contributed by atoms with Gasteiger partial charge in [0.05, 0.1) is 6.10 Å². The highest BCUT2D eigenvalue weighted by Crippen LogP contribution is 2.45. The van der Waals surface area contributed by atoms with E-state index in [1.807, 2.05) is 6.79 Å². The zero-order valence-electron chi connectivity index (χ0n) is 20.1. The molecule has 8 nitrogen and oxygen atoms in total. The number of carbonyl (C=O) groups is 2. The van der Waals surface area contributed by atoms with Gasteiger partial charge < -0.3 is 25.4 Å². The van der Waals surface area contributed by atoms with Crippen molar-refractivity contribution in [3.05, 3.63) is 46.6 Å². The first-order valence-electron chi connectivity index (χ1n) is 12.2. The molecule has 1 aromatic carbocycles. The van der Waals surface area contributed by atoms with Crippen molar-refractivity contribution in [1.29, 1.82) is 0 Å². The van der Waals surface area contributed by atoms with Crippen LogP contribution in [-0.4, -0.2) is 53.0 Å². The van der Waals surface area contributed by atoms with E-state index in [1.165, 1.54) is 17.5 Å². The molecule has 1 amide bonds. The van der Waals surface area contributed by atoms with E-state index in [0.29, 0.717) is 23.9 Å². The number of amides is 1. The van der Waals surface area contributed by atoms with Crippen LogP contribution in [0, 0.1) is 25.7 Å². The summed E-state index contributed by atoms with van der Waals surface area (Å²) >= 11 is 0. The van der Waals surface area contributed by atoms with Crippen molar-refractivity contribution in [2.45, 2.75) is 64.6 Å². The Labute approximate surface area is 201 Å². The molecule has 2 aliphatic carbocycles. The monoisotopic (exact) mass is 465 g/mol. The second-order valence-electron chi connectivity index (χ2n) is 9.84. The second kappa shape index (κ2) is 10.5. The lowest BCUT2D eigenvalue weighted by Crippen LogP contribution is -2.39. The lowest BCUT2D eigenvalue weighted by atomic mass is 9.93. The minimum atomic E-state index is -0.243. The Morgan fingerprint density at radius 1 is 1.12 bits per heavy atom. The number of nitrogens with one attached hydrogen (secondary N) is 2. The maximum absolute atomic E-state index is 13.1. The van der Waals surface area contributed by atoms with E-state index in [9.17, 15) is 9.90 Å². The smallest absolute Gasteiger partial charge is 0.256 e. The number of rotatable bonds is 6. The summed E-state index contributed by atoms with van der Waals surface area (Å²) in [5, 5.41) is 16.3. The molecule has 5 rings (SSSR count). The van der Waals surface area contributed by atoms with E-state index >= 15 is 0 Å². The summed E-state index contributed by atoms with van der Waals surface area (Å²) in [6.07, 6.45) is 5.81. The Hall–Kier alpha value is -3.00. The average molecular weight is 466 g/mol. The average Bonchev–Trinajstić information content (AvgIpc) is 3.47.